The molecule has 98 valence electrons. The molecule has 6 heteroatoms. The third kappa shape index (κ3) is 3.24. The average Bonchev–Trinajstić information content (AvgIpc) is 3.12. The fourth-order valence-electron chi connectivity index (χ4n) is 1.82. The largest absolute Gasteiger partial charge is 0.392 e. The minimum Gasteiger partial charge on any atom is -0.392 e. The van der Waals surface area contributed by atoms with E-state index < -0.39 is 16.4 Å². The molecule has 1 atom stereocenters. The number of halogens is 1. The zero-order valence-electron chi connectivity index (χ0n) is 9.80. The predicted octanol–water partition coefficient (Wildman–Crippen LogP) is 1.59. The number of benzene rings is 1. The lowest BCUT2D eigenvalue weighted by atomic mass is 10.2. The number of rotatable bonds is 6. The van der Waals surface area contributed by atoms with Gasteiger partial charge in [-0.25, -0.2) is 0 Å². The lowest BCUT2D eigenvalue weighted by Gasteiger charge is -2.10. The Hall–Kier alpha value is -1.53. The summed E-state index contributed by atoms with van der Waals surface area (Å²) in [4.78, 5) is 9.69. The highest BCUT2D eigenvalue weighted by molar-refractivity contribution is 5.34. The third-order valence-corrected chi connectivity index (χ3v) is 3.06. The van der Waals surface area contributed by atoms with Crippen LogP contribution in [0.2, 0.25) is 0 Å². The van der Waals surface area contributed by atoms with E-state index in [1.165, 1.54) is 6.07 Å². The lowest BCUT2D eigenvalue weighted by Crippen LogP contribution is -2.27. The minimum absolute atomic E-state index is 0.354. The summed E-state index contributed by atoms with van der Waals surface area (Å²) in [5.41, 5.74) is 0.109. The highest BCUT2D eigenvalue weighted by Crippen LogP contribution is 2.32. The Balaban J connectivity index is 1.85. The van der Waals surface area contributed by atoms with E-state index in [9.17, 15) is 19.6 Å². The van der Waals surface area contributed by atoms with E-state index >= 15 is 0 Å². The number of hydrogen-bond donors (Lipinski definition) is 2. The van der Waals surface area contributed by atoms with Gasteiger partial charge in [0.2, 0.25) is 5.82 Å². The Morgan fingerprint density at radius 2 is 2.28 bits per heavy atom. The van der Waals surface area contributed by atoms with Crippen molar-refractivity contribution in [3.8, 4) is 0 Å². The molecular weight excluding hydrogens is 239 g/mol. The molecule has 1 saturated carbocycles. The van der Waals surface area contributed by atoms with Gasteiger partial charge in [0.1, 0.15) is 0 Å². The standard InChI is InChI=1S/C12H15FN2O3/c13-10-5-8(1-4-11(10)15(17)18)6-14-7-12(16)9-2-3-9/h1,4-5,9,12,14,16H,2-3,6-7H2. The second-order valence-corrected chi connectivity index (χ2v) is 4.58. The van der Waals surface area contributed by atoms with Crippen molar-refractivity contribution in [2.75, 3.05) is 6.54 Å². The highest BCUT2D eigenvalue weighted by Gasteiger charge is 2.29. The Morgan fingerprint density at radius 3 is 2.83 bits per heavy atom. The SMILES string of the molecule is O=[N+]([O-])c1ccc(CNCC(O)C2CC2)cc1F. The Labute approximate surface area is 104 Å². The smallest absolute Gasteiger partial charge is 0.304 e. The zero-order valence-corrected chi connectivity index (χ0v) is 9.80. The topological polar surface area (TPSA) is 75.4 Å². The first-order chi connectivity index (χ1) is 8.58. The van der Waals surface area contributed by atoms with E-state index in [0.29, 0.717) is 24.6 Å². The summed E-state index contributed by atoms with van der Waals surface area (Å²) in [6.07, 6.45) is 1.78. The maximum absolute atomic E-state index is 13.3. The van der Waals surface area contributed by atoms with Gasteiger partial charge in [-0.3, -0.25) is 10.1 Å². The van der Waals surface area contributed by atoms with Crippen LogP contribution in [0.3, 0.4) is 0 Å². The molecule has 1 aromatic rings. The molecule has 1 unspecified atom stereocenters. The van der Waals surface area contributed by atoms with E-state index in [1.54, 1.807) is 0 Å². The van der Waals surface area contributed by atoms with Crippen LogP contribution >= 0.6 is 0 Å². The minimum atomic E-state index is -0.831. The van der Waals surface area contributed by atoms with Gasteiger partial charge in [-0.1, -0.05) is 6.07 Å². The molecule has 0 heterocycles. The number of aliphatic hydroxyl groups excluding tert-OH is 1. The monoisotopic (exact) mass is 254 g/mol. The molecule has 0 aliphatic heterocycles. The molecule has 1 aliphatic carbocycles. The van der Waals surface area contributed by atoms with Crippen molar-refractivity contribution in [2.24, 2.45) is 5.92 Å². The highest BCUT2D eigenvalue weighted by atomic mass is 19.1. The van der Waals surface area contributed by atoms with Crippen LogP contribution < -0.4 is 5.32 Å². The summed E-state index contributed by atoms with van der Waals surface area (Å²) in [7, 11) is 0. The summed E-state index contributed by atoms with van der Waals surface area (Å²) in [6, 6.07) is 3.82. The zero-order chi connectivity index (χ0) is 13.1. The Kier molecular flexibility index (Phi) is 3.88. The molecule has 0 aromatic heterocycles. The van der Waals surface area contributed by atoms with E-state index in [1.807, 2.05) is 0 Å². The van der Waals surface area contributed by atoms with Gasteiger partial charge in [-0.15, -0.1) is 0 Å². The first-order valence-corrected chi connectivity index (χ1v) is 5.89. The molecule has 0 amide bonds. The van der Waals surface area contributed by atoms with Crippen molar-refractivity contribution in [1.29, 1.82) is 0 Å². The number of nitrogens with one attached hydrogen (secondary N) is 1. The van der Waals surface area contributed by atoms with Crippen molar-refractivity contribution >= 4 is 5.69 Å². The van der Waals surface area contributed by atoms with Gasteiger partial charge < -0.3 is 10.4 Å². The summed E-state index contributed by atoms with van der Waals surface area (Å²) in [6.45, 7) is 0.849. The van der Waals surface area contributed by atoms with Crippen LogP contribution in [0.25, 0.3) is 0 Å². The summed E-state index contributed by atoms with van der Waals surface area (Å²) < 4.78 is 13.3. The summed E-state index contributed by atoms with van der Waals surface area (Å²) >= 11 is 0. The van der Waals surface area contributed by atoms with Crippen LogP contribution in [-0.2, 0) is 6.54 Å². The van der Waals surface area contributed by atoms with Gasteiger partial charge in [0, 0.05) is 19.2 Å². The number of nitro benzene ring substituents is 1. The maximum atomic E-state index is 13.3. The molecule has 0 bridgehead atoms. The van der Waals surface area contributed by atoms with E-state index in [4.69, 9.17) is 0 Å². The van der Waals surface area contributed by atoms with Gasteiger partial charge in [0.05, 0.1) is 11.0 Å². The quantitative estimate of drug-likeness (QED) is 0.597. The molecule has 0 saturated heterocycles. The number of nitrogens with zero attached hydrogens (tertiary/aromatic N) is 1. The van der Waals surface area contributed by atoms with Crippen LogP contribution in [-0.4, -0.2) is 22.7 Å². The molecule has 2 rings (SSSR count). The van der Waals surface area contributed by atoms with Gasteiger partial charge in [0.25, 0.3) is 0 Å². The third-order valence-electron chi connectivity index (χ3n) is 3.06. The van der Waals surface area contributed by atoms with Crippen molar-refractivity contribution in [2.45, 2.75) is 25.5 Å². The van der Waals surface area contributed by atoms with Gasteiger partial charge >= 0.3 is 5.69 Å². The van der Waals surface area contributed by atoms with Gasteiger partial charge in [0.15, 0.2) is 0 Å². The van der Waals surface area contributed by atoms with E-state index in [-0.39, 0.29) is 6.10 Å². The van der Waals surface area contributed by atoms with E-state index in [0.717, 1.165) is 25.0 Å². The van der Waals surface area contributed by atoms with Crippen molar-refractivity contribution < 1.29 is 14.4 Å². The summed E-state index contributed by atoms with van der Waals surface area (Å²) in [5, 5.41) is 23.1. The molecule has 0 spiro atoms. The number of nitro groups is 1. The van der Waals surface area contributed by atoms with Crippen LogP contribution in [0.5, 0.6) is 0 Å². The second kappa shape index (κ2) is 5.41. The second-order valence-electron chi connectivity index (χ2n) is 4.58. The predicted molar refractivity (Wildman–Crippen MR) is 63.5 cm³/mol. The maximum Gasteiger partial charge on any atom is 0.304 e. The van der Waals surface area contributed by atoms with Gasteiger partial charge in [-0.2, -0.15) is 4.39 Å². The molecular formula is C12H15FN2O3. The van der Waals surface area contributed by atoms with Crippen LogP contribution in [0.4, 0.5) is 10.1 Å². The van der Waals surface area contributed by atoms with Crippen LogP contribution in [0, 0.1) is 21.8 Å². The van der Waals surface area contributed by atoms with Crippen molar-refractivity contribution in [3.05, 3.63) is 39.7 Å². The van der Waals surface area contributed by atoms with E-state index in [2.05, 4.69) is 5.32 Å². The normalized spacial score (nSPS) is 16.6. The Morgan fingerprint density at radius 1 is 1.56 bits per heavy atom. The molecule has 5 nitrogen and oxygen atoms in total. The van der Waals surface area contributed by atoms with Gasteiger partial charge in [-0.05, 0) is 30.4 Å². The first-order valence-electron chi connectivity index (χ1n) is 5.89. The summed E-state index contributed by atoms with van der Waals surface area (Å²) in [5.74, 6) is -0.437. The average molecular weight is 254 g/mol. The molecule has 1 aliphatic rings. The molecule has 2 N–H and O–H groups in total. The molecule has 0 radical (unpaired) electrons. The Bertz CT molecular complexity index is 449. The first kappa shape index (κ1) is 12.9. The lowest BCUT2D eigenvalue weighted by molar-refractivity contribution is -0.387. The fraction of sp³-hybridized carbons (Fsp3) is 0.500. The fourth-order valence-corrected chi connectivity index (χ4v) is 1.82. The molecule has 1 fully saturated rings. The van der Waals surface area contributed by atoms with Crippen LogP contribution in [0.1, 0.15) is 18.4 Å². The molecule has 18 heavy (non-hydrogen) atoms. The van der Waals surface area contributed by atoms with Crippen molar-refractivity contribution in [3.63, 3.8) is 0 Å². The number of aliphatic hydroxyl groups is 1. The number of hydrogen-bond acceptors (Lipinski definition) is 4. The van der Waals surface area contributed by atoms with Crippen molar-refractivity contribution in [1.82, 2.24) is 5.32 Å². The van der Waals surface area contributed by atoms with Crippen LogP contribution in [0.15, 0.2) is 18.2 Å². The molecule has 1 aromatic carbocycles.